The van der Waals surface area contributed by atoms with Crippen molar-refractivity contribution in [3.63, 3.8) is 0 Å². The highest BCUT2D eigenvalue weighted by Crippen LogP contribution is 2.25. The van der Waals surface area contributed by atoms with E-state index in [1.54, 1.807) is 30.6 Å². The van der Waals surface area contributed by atoms with Gasteiger partial charge in [-0.15, -0.1) is 0 Å². The normalized spacial score (nSPS) is 10.1. The first kappa shape index (κ1) is 13.0. The number of amides is 1. The zero-order valence-electron chi connectivity index (χ0n) is 9.02. The molecule has 0 unspecified atom stereocenters. The van der Waals surface area contributed by atoms with Crippen LogP contribution in [0.5, 0.6) is 5.75 Å². The van der Waals surface area contributed by atoms with Crippen LogP contribution in [0.2, 0.25) is 0 Å². The van der Waals surface area contributed by atoms with Gasteiger partial charge < -0.3 is 10.4 Å². The summed E-state index contributed by atoms with van der Waals surface area (Å²) >= 11 is 6.50. The van der Waals surface area contributed by atoms with E-state index in [0.717, 1.165) is 0 Å². The van der Waals surface area contributed by atoms with Crippen molar-refractivity contribution >= 4 is 43.5 Å². The number of aromatic nitrogens is 1. The van der Waals surface area contributed by atoms with Gasteiger partial charge in [-0.3, -0.25) is 9.78 Å². The Morgan fingerprint density at radius 1 is 1.28 bits per heavy atom. The maximum atomic E-state index is 12.0. The fourth-order valence-electron chi connectivity index (χ4n) is 1.36. The van der Waals surface area contributed by atoms with Gasteiger partial charge in [0.05, 0.1) is 15.7 Å². The van der Waals surface area contributed by atoms with Crippen molar-refractivity contribution in [3.05, 3.63) is 51.2 Å². The van der Waals surface area contributed by atoms with Gasteiger partial charge in [-0.1, -0.05) is 15.9 Å². The molecule has 1 amide bonds. The van der Waals surface area contributed by atoms with Crippen molar-refractivity contribution in [2.75, 3.05) is 5.32 Å². The molecule has 0 atom stereocenters. The molecule has 18 heavy (non-hydrogen) atoms. The zero-order chi connectivity index (χ0) is 13.1. The fourth-order valence-corrected chi connectivity index (χ4v) is 2.06. The molecule has 2 N–H and O–H groups in total. The molecule has 0 aliphatic carbocycles. The predicted molar refractivity (Wildman–Crippen MR) is 75.7 cm³/mol. The molecule has 0 spiro atoms. The highest BCUT2D eigenvalue weighted by molar-refractivity contribution is 9.10. The molecule has 4 nitrogen and oxygen atoms in total. The summed E-state index contributed by atoms with van der Waals surface area (Å²) in [5.41, 5.74) is 0.805. The van der Waals surface area contributed by atoms with E-state index in [9.17, 15) is 9.90 Å². The van der Waals surface area contributed by atoms with E-state index in [0.29, 0.717) is 14.6 Å². The molecule has 2 aromatic rings. The molecular formula is C12H8Br2N2O2. The lowest BCUT2D eigenvalue weighted by molar-refractivity contribution is 0.102. The summed E-state index contributed by atoms with van der Waals surface area (Å²) in [6, 6.07) is 6.37. The van der Waals surface area contributed by atoms with Crippen LogP contribution in [-0.4, -0.2) is 16.0 Å². The standard InChI is InChI=1S/C12H8Br2N2O2/c13-7-1-2-8(11(17)5-7)12(18)16-10-3-4-15-6-9(10)14/h1-6,17H,(H,15,16,18). The van der Waals surface area contributed by atoms with E-state index in [1.165, 1.54) is 6.07 Å². The fraction of sp³-hybridized carbons (Fsp3) is 0. The van der Waals surface area contributed by atoms with Crippen LogP contribution in [0.3, 0.4) is 0 Å². The molecule has 92 valence electrons. The molecule has 0 radical (unpaired) electrons. The molecule has 0 aliphatic rings. The Kier molecular flexibility index (Phi) is 3.98. The first-order valence-electron chi connectivity index (χ1n) is 4.97. The largest absolute Gasteiger partial charge is 0.507 e. The number of hydrogen-bond donors (Lipinski definition) is 2. The molecule has 0 fully saturated rings. The van der Waals surface area contributed by atoms with Gasteiger partial charge >= 0.3 is 0 Å². The Bertz CT molecular complexity index is 602. The number of aromatic hydroxyl groups is 1. The molecule has 0 aliphatic heterocycles. The number of hydrogen-bond acceptors (Lipinski definition) is 3. The van der Waals surface area contributed by atoms with Crippen LogP contribution in [-0.2, 0) is 0 Å². The lowest BCUT2D eigenvalue weighted by Gasteiger charge is -2.08. The van der Waals surface area contributed by atoms with E-state index in [2.05, 4.69) is 42.2 Å². The van der Waals surface area contributed by atoms with Gasteiger partial charge in [-0.2, -0.15) is 0 Å². The number of phenols is 1. The third-order valence-electron chi connectivity index (χ3n) is 2.23. The number of rotatable bonds is 2. The van der Waals surface area contributed by atoms with Crippen molar-refractivity contribution in [2.24, 2.45) is 0 Å². The average molecular weight is 372 g/mol. The lowest BCUT2D eigenvalue weighted by atomic mass is 10.2. The molecule has 0 saturated carbocycles. The predicted octanol–water partition coefficient (Wildman–Crippen LogP) is 3.56. The number of carbonyl (C=O) groups excluding carboxylic acids is 1. The zero-order valence-corrected chi connectivity index (χ0v) is 12.2. The third kappa shape index (κ3) is 2.88. The minimum Gasteiger partial charge on any atom is -0.507 e. The molecule has 1 aromatic heterocycles. The smallest absolute Gasteiger partial charge is 0.259 e. The highest BCUT2D eigenvalue weighted by atomic mass is 79.9. The summed E-state index contributed by atoms with van der Waals surface area (Å²) in [5.74, 6) is -0.459. The maximum Gasteiger partial charge on any atom is 0.259 e. The van der Waals surface area contributed by atoms with Crippen molar-refractivity contribution < 1.29 is 9.90 Å². The Hall–Kier alpha value is -1.40. The van der Waals surface area contributed by atoms with Gasteiger partial charge in [-0.25, -0.2) is 0 Å². The van der Waals surface area contributed by atoms with Gasteiger partial charge in [0.2, 0.25) is 0 Å². The van der Waals surface area contributed by atoms with E-state index in [-0.39, 0.29) is 17.2 Å². The second-order valence-corrected chi connectivity index (χ2v) is 5.24. The number of anilines is 1. The molecule has 1 aromatic carbocycles. The number of carbonyl (C=O) groups is 1. The number of benzene rings is 1. The van der Waals surface area contributed by atoms with Crippen molar-refractivity contribution in [2.45, 2.75) is 0 Å². The maximum absolute atomic E-state index is 12.0. The number of nitrogens with one attached hydrogen (secondary N) is 1. The molecule has 6 heteroatoms. The lowest BCUT2D eigenvalue weighted by Crippen LogP contribution is -2.12. The number of nitrogens with zero attached hydrogens (tertiary/aromatic N) is 1. The number of phenolic OH excluding ortho intramolecular Hbond substituents is 1. The average Bonchev–Trinajstić information content (AvgIpc) is 2.32. The Morgan fingerprint density at radius 3 is 2.72 bits per heavy atom. The van der Waals surface area contributed by atoms with E-state index in [4.69, 9.17) is 0 Å². The van der Waals surface area contributed by atoms with Crippen molar-refractivity contribution in [1.82, 2.24) is 4.98 Å². The molecule has 0 saturated heterocycles. The van der Waals surface area contributed by atoms with Gasteiger partial charge in [0.1, 0.15) is 5.75 Å². The third-order valence-corrected chi connectivity index (χ3v) is 3.35. The minimum atomic E-state index is -0.382. The van der Waals surface area contributed by atoms with Crippen LogP contribution in [0.4, 0.5) is 5.69 Å². The second kappa shape index (κ2) is 5.49. The highest BCUT2D eigenvalue weighted by Gasteiger charge is 2.12. The van der Waals surface area contributed by atoms with Crippen LogP contribution in [0.25, 0.3) is 0 Å². The van der Waals surface area contributed by atoms with Gasteiger partial charge in [0.25, 0.3) is 5.91 Å². The van der Waals surface area contributed by atoms with Crippen LogP contribution in [0, 0.1) is 0 Å². The summed E-state index contributed by atoms with van der Waals surface area (Å²) < 4.78 is 1.39. The second-order valence-electron chi connectivity index (χ2n) is 3.47. The summed E-state index contributed by atoms with van der Waals surface area (Å²) in [7, 11) is 0. The first-order valence-corrected chi connectivity index (χ1v) is 6.56. The topological polar surface area (TPSA) is 62.2 Å². The SMILES string of the molecule is O=C(Nc1ccncc1Br)c1ccc(Br)cc1O. The Labute approximate surface area is 120 Å². The van der Waals surface area contributed by atoms with Crippen LogP contribution in [0.1, 0.15) is 10.4 Å². The summed E-state index contributed by atoms with van der Waals surface area (Å²) in [6.45, 7) is 0. The molecule has 2 rings (SSSR count). The summed E-state index contributed by atoms with van der Waals surface area (Å²) in [4.78, 5) is 15.9. The summed E-state index contributed by atoms with van der Waals surface area (Å²) in [6.07, 6.45) is 3.15. The van der Waals surface area contributed by atoms with E-state index in [1.807, 2.05) is 0 Å². The monoisotopic (exact) mass is 370 g/mol. The van der Waals surface area contributed by atoms with Crippen LogP contribution < -0.4 is 5.32 Å². The molecule has 0 bridgehead atoms. The summed E-state index contributed by atoms with van der Waals surface area (Å²) in [5, 5.41) is 12.4. The van der Waals surface area contributed by atoms with Gasteiger partial charge in [0, 0.05) is 16.9 Å². The Morgan fingerprint density at radius 2 is 2.06 bits per heavy atom. The molecular weight excluding hydrogens is 364 g/mol. The van der Waals surface area contributed by atoms with Gasteiger partial charge in [0.15, 0.2) is 0 Å². The van der Waals surface area contributed by atoms with E-state index >= 15 is 0 Å². The van der Waals surface area contributed by atoms with Crippen molar-refractivity contribution in [3.8, 4) is 5.75 Å². The van der Waals surface area contributed by atoms with Crippen molar-refractivity contribution in [1.29, 1.82) is 0 Å². The first-order chi connectivity index (χ1) is 8.58. The number of pyridine rings is 1. The van der Waals surface area contributed by atoms with E-state index < -0.39 is 0 Å². The molecule has 1 heterocycles. The quantitative estimate of drug-likeness (QED) is 0.848. The minimum absolute atomic E-state index is 0.0768. The van der Waals surface area contributed by atoms with Gasteiger partial charge in [-0.05, 0) is 40.2 Å². The van der Waals surface area contributed by atoms with Crippen LogP contribution >= 0.6 is 31.9 Å². The van der Waals surface area contributed by atoms with Crippen LogP contribution in [0.15, 0.2) is 45.6 Å². The Balaban J connectivity index is 2.25. The number of halogens is 2.